The van der Waals surface area contributed by atoms with Crippen LogP contribution in [0, 0.1) is 5.82 Å². The quantitative estimate of drug-likeness (QED) is 0.749. The highest BCUT2D eigenvalue weighted by Gasteiger charge is 2.06. The first-order valence-electron chi connectivity index (χ1n) is 5.53. The predicted octanol–water partition coefficient (Wildman–Crippen LogP) is 1.70. The van der Waals surface area contributed by atoms with E-state index in [1.54, 1.807) is 6.07 Å². The van der Waals surface area contributed by atoms with E-state index in [2.05, 4.69) is 36.4 Å². The van der Waals surface area contributed by atoms with Gasteiger partial charge in [-0.2, -0.15) is 0 Å². The van der Waals surface area contributed by atoms with Gasteiger partial charge in [-0.3, -0.25) is 4.98 Å². The molecule has 3 nitrogen and oxygen atoms in total. The molecule has 0 unspecified atom stereocenters. The van der Waals surface area contributed by atoms with Crippen LogP contribution in [0.25, 0.3) is 0 Å². The average molecular weight is 225 g/mol. The van der Waals surface area contributed by atoms with E-state index in [1.165, 1.54) is 12.3 Å². The van der Waals surface area contributed by atoms with Crippen LogP contribution >= 0.6 is 0 Å². The molecule has 2 N–H and O–H groups in total. The fourth-order valence-corrected chi connectivity index (χ4v) is 1.25. The van der Waals surface area contributed by atoms with Gasteiger partial charge in [-0.15, -0.1) is 0 Å². The highest BCUT2D eigenvalue weighted by atomic mass is 19.1. The minimum absolute atomic E-state index is 0.149. The molecule has 0 saturated heterocycles. The average Bonchev–Trinajstić information content (AvgIpc) is 2.19. The normalized spacial score (nSPS) is 11.8. The number of rotatable bonds is 5. The first-order valence-corrected chi connectivity index (χ1v) is 5.53. The molecule has 0 aliphatic heterocycles. The first kappa shape index (κ1) is 13.1. The zero-order valence-electron chi connectivity index (χ0n) is 10.2. The predicted molar refractivity (Wildman–Crippen MR) is 63.7 cm³/mol. The van der Waals surface area contributed by atoms with Crippen LogP contribution in [0.5, 0.6) is 0 Å². The Kier molecular flexibility index (Phi) is 4.83. The molecule has 0 aromatic carbocycles. The number of pyridine rings is 1. The molecule has 0 aliphatic carbocycles. The van der Waals surface area contributed by atoms with Gasteiger partial charge in [0.25, 0.3) is 0 Å². The molecule has 0 radical (unpaired) electrons. The summed E-state index contributed by atoms with van der Waals surface area (Å²) in [5, 5.41) is 6.62. The summed E-state index contributed by atoms with van der Waals surface area (Å²) in [5.41, 5.74) is 1.01. The molecule has 0 saturated carbocycles. The Bertz CT molecular complexity index is 303. The van der Waals surface area contributed by atoms with Crippen LogP contribution in [0.15, 0.2) is 18.3 Å². The molecule has 1 heterocycles. The minimum Gasteiger partial charge on any atom is -0.311 e. The molecule has 0 aliphatic rings. The Morgan fingerprint density at radius 2 is 2.00 bits per heavy atom. The molecule has 1 aromatic heterocycles. The molecule has 0 amide bonds. The van der Waals surface area contributed by atoms with Crippen molar-refractivity contribution >= 4 is 0 Å². The van der Waals surface area contributed by atoms with Crippen LogP contribution in [-0.4, -0.2) is 23.6 Å². The van der Waals surface area contributed by atoms with Gasteiger partial charge in [0.1, 0.15) is 5.82 Å². The molecule has 16 heavy (non-hydrogen) atoms. The van der Waals surface area contributed by atoms with Crippen molar-refractivity contribution < 1.29 is 4.39 Å². The molecule has 0 fully saturated rings. The Morgan fingerprint density at radius 3 is 2.56 bits per heavy atom. The number of aromatic nitrogens is 1. The van der Waals surface area contributed by atoms with Crippen LogP contribution in [0.1, 0.15) is 26.5 Å². The van der Waals surface area contributed by atoms with E-state index in [-0.39, 0.29) is 11.4 Å². The Hall–Kier alpha value is -1.00. The summed E-state index contributed by atoms with van der Waals surface area (Å²) in [6.07, 6.45) is 1.24. The zero-order valence-corrected chi connectivity index (χ0v) is 10.2. The lowest BCUT2D eigenvalue weighted by atomic mass is 10.1. The summed E-state index contributed by atoms with van der Waals surface area (Å²) in [6.45, 7) is 8.85. The standard InChI is InChI=1S/C12H20FN3/c1-12(2,3)16-7-6-14-9-11-5-4-10(13)8-15-11/h4-5,8,14,16H,6-7,9H2,1-3H3. The van der Waals surface area contributed by atoms with Gasteiger partial charge in [0.05, 0.1) is 11.9 Å². The smallest absolute Gasteiger partial charge is 0.141 e. The van der Waals surface area contributed by atoms with Gasteiger partial charge in [-0.05, 0) is 32.9 Å². The van der Waals surface area contributed by atoms with Crippen molar-refractivity contribution in [3.63, 3.8) is 0 Å². The number of halogens is 1. The lowest BCUT2D eigenvalue weighted by Crippen LogP contribution is -2.40. The molecule has 0 bridgehead atoms. The Balaban J connectivity index is 2.14. The number of hydrogen-bond acceptors (Lipinski definition) is 3. The number of hydrogen-bond donors (Lipinski definition) is 2. The molecule has 4 heteroatoms. The van der Waals surface area contributed by atoms with Crippen LogP contribution in [0.3, 0.4) is 0 Å². The van der Waals surface area contributed by atoms with Crippen molar-refractivity contribution in [2.24, 2.45) is 0 Å². The van der Waals surface area contributed by atoms with Gasteiger partial charge in [0, 0.05) is 25.2 Å². The van der Waals surface area contributed by atoms with Gasteiger partial charge < -0.3 is 10.6 Å². The summed E-state index contributed by atoms with van der Waals surface area (Å²) in [7, 11) is 0. The molecule has 90 valence electrons. The lowest BCUT2D eigenvalue weighted by Gasteiger charge is -2.20. The monoisotopic (exact) mass is 225 g/mol. The topological polar surface area (TPSA) is 37.0 Å². The SMILES string of the molecule is CC(C)(C)NCCNCc1ccc(F)cn1. The maximum atomic E-state index is 12.6. The van der Waals surface area contributed by atoms with Crippen LogP contribution in [0.4, 0.5) is 4.39 Å². The summed E-state index contributed by atoms with van der Waals surface area (Å²) in [6, 6.07) is 3.12. The molecule has 1 aromatic rings. The Labute approximate surface area is 96.5 Å². The van der Waals surface area contributed by atoms with Crippen LogP contribution in [0.2, 0.25) is 0 Å². The molecule has 0 atom stereocenters. The van der Waals surface area contributed by atoms with Crippen molar-refractivity contribution in [3.05, 3.63) is 29.8 Å². The van der Waals surface area contributed by atoms with Gasteiger partial charge in [0.15, 0.2) is 0 Å². The lowest BCUT2D eigenvalue weighted by molar-refractivity contribution is 0.421. The first-order chi connectivity index (χ1) is 7.47. The minimum atomic E-state index is -0.293. The summed E-state index contributed by atoms with van der Waals surface area (Å²) < 4.78 is 12.6. The van der Waals surface area contributed by atoms with Gasteiger partial charge in [-0.1, -0.05) is 0 Å². The van der Waals surface area contributed by atoms with Crippen molar-refractivity contribution in [2.75, 3.05) is 13.1 Å². The third-order valence-corrected chi connectivity index (χ3v) is 2.05. The third kappa shape index (κ3) is 5.78. The fraction of sp³-hybridized carbons (Fsp3) is 0.583. The van der Waals surface area contributed by atoms with Crippen molar-refractivity contribution in [1.29, 1.82) is 0 Å². The van der Waals surface area contributed by atoms with Crippen LogP contribution in [-0.2, 0) is 6.54 Å². The highest BCUT2D eigenvalue weighted by molar-refractivity contribution is 5.04. The van der Waals surface area contributed by atoms with E-state index in [1.807, 2.05) is 0 Å². The largest absolute Gasteiger partial charge is 0.311 e. The van der Waals surface area contributed by atoms with E-state index < -0.39 is 0 Å². The maximum absolute atomic E-state index is 12.6. The van der Waals surface area contributed by atoms with E-state index >= 15 is 0 Å². The van der Waals surface area contributed by atoms with Gasteiger partial charge in [-0.25, -0.2) is 4.39 Å². The number of nitrogens with zero attached hydrogens (tertiary/aromatic N) is 1. The second-order valence-corrected chi connectivity index (χ2v) is 4.82. The van der Waals surface area contributed by atoms with E-state index in [0.717, 1.165) is 18.8 Å². The fourth-order valence-electron chi connectivity index (χ4n) is 1.25. The summed E-state index contributed by atoms with van der Waals surface area (Å²) in [4.78, 5) is 3.97. The van der Waals surface area contributed by atoms with Crippen LogP contribution < -0.4 is 10.6 Å². The summed E-state index contributed by atoms with van der Waals surface area (Å²) in [5.74, 6) is -0.293. The third-order valence-electron chi connectivity index (χ3n) is 2.05. The summed E-state index contributed by atoms with van der Waals surface area (Å²) >= 11 is 0. The zero-order chi connectivity index (χ0) is 12.0. The number of nitrogens with one attached hydrogen (secondary N) is 2. The van der Waals surface area contributed by atoms with E-state index in [9.17, 15) is 4.39 Å². The highest BCUT2D eigenvalue weighted by Crippen LogP contribution is 1.98. The van der Waals surface area contributed by atoms with E-state index in [4.69, 9.17) is 0 Å². The Morgan fingerprint density at radius 1 is 1.25 bits per heavy atom. The molecule has 1 rings (SSSR count). The van der Waals surface area contributed by atoms with Gasteiger partial charge >= 0.3 is 0 Å². The second kappa shape index (κ2) is 5.92. The molecular formula is C12H20FN3. The van der Waals surface area contributed by atoms with Crippen molar-refractivity contribution in [1.82, 2.24) is 15.6 Å². The van der Waals surface area contributed by atoms with Crippen molar-refractivity contribution in [3.8, 4) is 0 Å². The van der Waals surface area contributed by atoms with Gasteiger partial charge in [0.2, 0.25) is 0 Å². The van der Waals surface area contributed by atoms with Crippen molar-refractivity contribution in [2.45, 2.75) is 32.9 Å². The van der Waals surface area contributed by atoms with E-state index in [0.29, 0.717) is 6.54 Å². The maximum Gasteiger partial charge on any atom is 0.141 e. The second-order valence-electron chi connectivity index (χ2n) is 4.82. The molecular weight excluding hydrogens is 205 g/mol. The molecule has 0 spiro atoms.